The van der Waals surface area contributed by atoms with Crippen molar-refractivity contribution in [1.29, 1.82) is 0 Å². The van der Waals surface area contributed by atoms with Crippen LogP contribution < -0.4 is 5.56 Å². The fourth-order valence-corrected chi connectivity index (χ4v) is 6.32. The maximum Gasteiger partial charge on any atom is 0.394 e. The number of nitrogens with zero attached hydrogens (tertiary/aromatic N) is 5. The molecule has 0 aromatic carbocycles. The lowest BCUT2D eigenvalue weighted by atomic mass is 9.34. The van der Waals surface area contributed by atoms with Gasteiger partial charge in [0.25, 0.3) is 12.0 Å². The quantitative estimate of drug-likeness (QED) is 0.424. The summed E-state index contributed by atoms with van der Waals surface area (Å²) in [4.78, 5) is 30.8. The molecule has 0 radical (unpaired) electrons. The summed E-state index contributed by atoms with van der Waals surface area (Å²) in [5.74, 6) is 0.282. The summed E-state index contributed by atoms with van der Waals surface area (Å²) in [5, 5.41) is 0. The number of aryl methyl sites for hydroxylation is 2. The molecule has 7 rings (SSSR count). The van der Waals surface area contributed by atoms with Crippen molar-refractivity contribution in [1.82, 2.24) is 24.5 Å². The molecule has 1 saturated heterocycles. The Morgan fingerprint density at radius 2 is 1.79 bits per heavy atom. The molecule has 2 atom stereocenters. The molecule has 1 aliphatic heterocycles. The van der Waals surface area contributed by atoms with Gasteiger partial charge in [-0.3, -0.25) is 4.79 Å². The zero-order chi connectivity index (χ0) is 27.0. The van der Waals surface area contributed by atoms with E-state index in [2.05, 4.69) is 9.97 Å². The van der Waals surface area contributed by atoms with Crippen LogP contribution in [0.4, 0.5) is 22.0 Å². The van der Waals surface area contributed by atoms with Crippen LogP contribution in [0.1, 0.15) is 72.6 Å². The Labute approximate surface area is 214 Å². The van der Waals surface area contributed by atoms with Crippen LogP contribution in [-0.4, -0.2) is 43.7 Å². The summed E-state index contributed by atoms with van der Waals surface area (Å²) in [6.07, 6.45) is -5.02. The number of alkyl halides is 5. The van der Waals surface area contributed by atoms with Gasteiger partial charge in [0.2, 0.25) is 0 Å². The van der Waals surface area contributed by atoms with Crippen LogP contribution >= 0.6 is 0 Å². The van der Waals surface area contributed by atoms with Gasteiger partial charge in [0.05, 0.1) is 35.1 Å². The highest BCUT2D eigenvalue weighted by Gasteiger charge is 2.79. The summed E-state index contributed by atoms with van der Waals surface area (Å²) >= 11 is 0. The second kappa shape index (κ2) is 8.49. The number of ether oxygens (including phenoxy) is 1. The number of hydrogen-bond acceptors (Lipinski definition) is 6. The first-order chi connectivity index (χ1) is 17.9. The summed E-state index contributed by atoms with van der Waals surface area (Å²) in [6, 6.07) is 2.81. The van der Waals surface area contributed by atoms with E-state index in [4.69, 9.17) is 14.7 Å². The first kappa shape index (κ1) is 25.3. The summed E-state index contributed by atoms with van der Waals surface area (Å²) in [6.45, 7) is 3.25. The highest BCUT2D eigenvalue weighted by atomic mass is 19.4. The van der Waals surface area contributed by atoms with Crippen molar-refractivity contribution in [3.8, 4) is 0 Å². The van der Waals surface area contributed by atoms with E-state index in [0.29, 0.717) is 59.1 Å². The second-order valence-electron chi connectivity index (χ2n) is 11.0. The van der Waals surface area contributed by atoms with Crippen LogP contribution in [0.3, 0.4) is 0 Å². The van der Waals surface area contributed by atoms with Crippen molar-refractivity contribution in [2.24, 2.45) is 5.41 Å². The summed E-state index contributed by atoms with van der Waals surface area (Å²) in [5.41, 5.74) is 0.466. The monoisotopic (exact) mass is 535 g/mol. The van der Waals surface area contributed by atoms with Crippen LogP contribution in [0.5, 0.6) is 0 Å². The average Bonchev–Trinajstić information content (AvgIpc) is 2.78. The maximum atomic E-state index is 13.6. The molecule has 4 fully saturated rings. The molecule has 4 aliphatic rings. The number of hydrogen-bond donors (Lipinski definition) is 0. The van der Waals surface area contributed by atoms with Crippen molar-refractivity contribution in [2.75, 3.05) is 6.61 Å². The SMILES string of the molecule is Cc1nc2nc([C@@H]3CCO[C@H](c4ccc(=O)n(CC(F)F)c4)C3)nc(C34CC(C(F)(F)F)(C3)C4)c2nc1C. The Morgan fingerprint density at radius 1 is 1.08 bits per heavy atom. The van der Waals surface area contributed by atoms with E-state index in [1.165, 1.54) is 12.3 Å². The van der Waals surface area contributed by atoms with Crippen molar-refractivity contribution in [2.45, 2.75) is 82.5 Å². The highest BCUT2D eigenvalue weighted by molar-refractivity contribution is 5.75. The van der Waals surface area contributed by atoms with Crippen molar-refractivity contribution in [3.63, 3.8) is 0 Å². The van der Waals surface area contributed by atoms with Crippen LogP contribution in [0, 0.1) is 19.3 Å². The second-order valence-corrected chi connectivity index (χ2v) is 11.0. The lowest BCUT2D eigenvalue weighted by Gasteiger charge is -2.70. The molecule has 3 aromatic heterocycles. The fourth-order valence-electron chi connectivity index (χ4n) is 6.32. The molecule has 38 heavy (non-hydrogen) atoms. The number of rotatable bonds is 5. The fraction of sp³-hybridized carbons (Fsp3) is 0.577. The zero-order valence-corrected chi connectivity index (χ0v) is 20.9. The van der Waals surface area contributed by atoms with Crippen LogP contribution in [0.2, 0.25) is 0 Å². The molecule has 3 saturated carbocycles. The Bertz CT molecular complexity index is 1470. The molecule has 2 bridgehead atoms. The van der Waals surface area contributed by atoms with Crippen LogP contribution in [0.15, 0.2) is 23.1 Å². The van der Waals surface area contributed by atoms with Crippen LogP contribution in [-0.2, 0) is 16.7 Å². The van der Waals surface area contributed by atoms with Gasteiger partial charge in [0.15, 0.2) is 5.65 Å². The third kappa shape index (κ3) is 3.90. The predicted molar refractivity (Wildman–Crippen MR) is 126 cm³/mol. The van der Waals surface area contributed by atoms with Crippen LogP contribution in [0.25, 0.3) is 11.2 Å². The third-order valence-electron chi connectivity index (χ3n) is 8.46. The molecule has 7 nitrogen and oxygen atoms in total. The number of aromatic nitrogens is 5. The maximum absolute atomic E-state index is 13.6. The Morgan fingerprint density at radius 3 is 2.47 bits per heavy atom. The molecular weight excluding hydrogens is 509 g/mol. The van der Waals surface area contributed by atoms with E-state index in [9.17, 15) is 26.7 Å². The first-order valence-corrected chi connectivity index (χ1v) is 12.6. The smallest absolute Gasteiger partial charge is 0.373 e. The van der Waals surface area contributed by atoms with Gasteiger partial charge in [-0.15, -0.1) is 0 Å². The number of fused-ring (bicyclic) bond motifs is 1. The average molecular weight is 536 g/mol. The van der Waals surface area contributed by atoms with Gasteiger partial charge in [-0.2, -0.15) is 13.2 Å². The normalized spacial score (nSPS) is 28.8. The largest absolute Gasteiger partial charge is 0.394 e. The minimum Gasteiger partial charge on any atom is -0.373 e. The number of halogens is 5. The van der Waals surface area contributed by atoms with Gasteiger partial charge < -0.3 is 9.30 Å². The van der Waals surface area contributed by atoms with Gasteiger partial charge in [0.1, 0.15) is 11.3 Å². The molecule has 0 N–H and O–H groups in total. The molecule has 12 heteroatoms. The van der Waals surface area contributed by atoms with E-state index >= 15 is 0 Å². The molecule has 0 amide bonds. The number of pyridine rings is 1. The zero-order valence-electron chi connectivity index (χ0n) is 20.9. The predicted octanol–water partition coefficient (Wildman–Crippen LogP) is 5.08. The van der Waals surface area contributed by atoms with Gasteiger partial charge in [-0.1, -0.05) is 0 Å². The van der Waals surface area contributed by atoms with Crippen molar-refractivity contribution < 1.29 is 26.7 Å². The molecule has 0 unspecified atom stereocenters. The van der Waals surface area contributed by atoms with E-state index < -0.39 is 41.6 Å². The lowest BCUT2D eigenvalue weighted by molar-refractivity contribution is -0.337. The molecule has 4 heterocycles. The molecule has 202 valence electrons. The molecule has 3 aliphatic carbocycles. The van der Waals surface area contributed by atoms with E-state index in [-0.39, 0.29) is 25.2 Å². The molecule has 3 aromatic rings. The third-order valence-corrected chi connectivity index (χ3v) is 8.46. The van der Waals surface area contributed by atoms with E-state index in [0.717, 1.165) is 4.57 Å². The first-order valence-electron chi connectivity index (χ1n) is 12.6. The van der Waals surface area contributed by atoms with Crippen molar-refractivity contribution >= 4 is 11.2 Å². The standard InChI is InChI=1S/C26H26F5N5O2/c1-13-14(2)33-23-20(32-13)21(24-10-25(11-24,12-24)26(29,30)31)34-22(35-23)15-5-6-38-17(7-15)16-3-4-19(37)36(8-16)9-18(27)28/h3-4,8,15,17-18H,5-7,9-12H2,1-2H3/t15-,17+,24?,25?/m1/s1. The Hall–Kier alpha value is -3.02. The van der Waals surface area contributed by atoms with Gasteiger partial charge in [-0.05, 0) is 57.6 Å². The van der Waals surface area contributed by atoms with E-state index in [1.54, 1.807) is 13.0 Å². The molecular formula is C26H26F5N5O2. The minimum absolute atomic E-state index is 0.00819. The topological polar surface area (TPSA) is 82.8 Å². The van der Waals surface area contributed by atoms with Crippen molar-refractivity contribution in [3.05, 3.63) is 57.2 Å². The summed E-state index contributed by atoms with van der Waals surface area (Å²) < 4.78 is 73.5. The Kier molecular flexibility index (Phi) is 5.65. The minimum atomic E-state index is -4.24. The van der Waals surface area contributed by atoms with Gasteiger partial charge >= 0.3 is 6.18 Å². The summed E-state index contributed by atoms with van der Waals surface area (Å²) in [7, 11) is 0. The molecule has 0 spiro atoms. The highest BCUT2D eigenvalue weighted by Crippen LogP contribution is 2.78. The van der Waals surface area contributed by atoms with E-state index in [1.807, 2.05) is 6.92 Å². The lowest BCUT2D eigenvalue weighted by Crippen LogP contribution is -2.70. The van der Waals surface area contributed by atoms with Gasteiger partial charge in [-0.25, -0.2) is 28.7 Å². The van der Waals surface area contributed by atoms with Gasteiger partial charge in [0, 0.05) is 30.2 Å². The Balaban J connectivity index is 1.35.